The minimum Gasteiger partial charge on any atom is -0.496 e. The molecular weight excluding hydrogens is 280 g/mol. The van der Waals surface area contributed by atoms with Gasteiger partial charge < -0.3 is 15.2 Å². The molecule has 1 rings (SSSR count). The van der Waals surface area contributed by atoms with Crippen molar-refractivity contribution in [2.45, 2.75) is 46.3 Å². The van der Waals surface area contributed by atoms with Crippen LogP contribution in [0.1, 0.15) is 38.3 Å². The summed E-state index contributed by atoms with van der Waals surface area (Å²) in [7, 11) is 1.68. The van der Waals surface area contributed by atoms with E-state index >= 15 is 0 Å². The lowest BCUT2D eigenvalue weighted by molar-refractivity contribution is -0.137. The zero-order valence-electron chi connectivity index (χ0n) is 14.1. The van der Waals surface area contributed by atoms with Crippen LogP contribution in [0.2, 0.25) is 0 Å². The average molecular weight is 308 g/mol. The van der Waals surface area contributed by atoms with Gasteiger partial charge >= 0.3 is 5.97 Å². The average Bonchev–Trinajstić information content (AvgIpc) is 2.49. The summed E-state index contributed by atoms with van der Waals surface area (Å²) in [6, 6.07) is 6.63. The lowest BCUT2D eigenvalue weighted by Crippen LogP contribution is -2.26. The van der Waals surface area contributed by atoms with Crippen LogP contribution in [0.5, 0.6) is 5.75 Å². The number of carboxylic acid groups (broad SMARTS) is 1. The number of methoxy groups -OCH3 is 1. The second-order valence-corrected chi connectivity index (χ2v) is 5.69. The zero-order valence-corrected chi connectivity index (χ0v) is 14.1. The van der Waals surface area contributed by atoms with E-state index in [1.807, 2.05) is 13.0 Å². The van der Waals surface area contributed by atoms with Crippen molar-refractivity contribution in [3.05, 3.63) is 29.3 Å². The molecule has 1 aromatic carbocycles. The topological polar surface area (TPSA) is 61.8 Å². The molecule has 0 heterocycles. The standard InChI is InChI=1S/C17H28N2O3/c1-5-19(9-8-17(20)21)12-14-6-7-15(11-18-13(2)3)16(10-14)22-4/h6-7,10,13,18H,5,8-9,11-12H2,1-4H3,(H,20,21). The first kappa shape index (κ1) is 18.5. The Kier molecular flexibility index (Phi) is 7.91. The first-order valence-electron chi connectivity index (χ1n) is 7.79. The largest absolute Gasteiger partial charge is 0.496 e. The first-order valence-corrected chi connectivity index (χ1v) is 7.79. The molecule has 0 aromatic heterocycles. The van der Waals surface area contributed by atoms with Crippen molar-refractivity contribution in [3.63, 3.8) is 0 Å². The van der Waals surface area contributed by atoms with Crippen LogP contribution in [-0.4, -0.2) is 42.2 Å². The number of benzene rings is 1. The number of nitrogens with one attached hydrogen (secondary N) is 1. The van der Waals surface area contributed by atoms with Gasteiger partial charge in [-0.2, -0.15) is 0 Å². The fourth-order valence-corrected chi connectivity index (χ4v) is 2.21. The summed E-state index contributed by atoms with van der Waals surface area (Å²) in [6.45, 7) is 9.16. The van der Waals surface area contributed by atoms with Crippen molar-refractivity contribution in [2.24, 2.45) is 0 Å². The van der Waals surface area contributed by atoms with Crippen molar-refractivity contribution in [1.82, 2.24) is 10.2 Å². The van der Waals surface area contributed by atoms with Crippen molar-refractivity contribution in [3.8, 4) is 5.75 Å². The van der Waals surface area contributed by atoms with Crippen LogP contribution >= 0.6 is 0 Å². The Balaban J connectivity index is 2.72. The molecule has 0 aliphatic carbocycles. The molecule has 124 valence electrons. The molecule has 0 amide bonds. The smallest absolute Gasteiger partial charge is 0.304 e. The highest BCUT2D eigenvalue weighted by molar-refractivity contribution is 5.66. The molecule has 0 bridgehead atoms. The molecule has 1 aromatic rings. The number of carboxylic acids is 1. The first-order chi connectivity index (χ1) is 10.5. The maximum Gasteiger partial charge on any atom is 0.304 e. The molecule has 22 heavy (non-hydrogen) atoms. The predicted octanol–water partition coefficient (Wildman–Crippen LogP) is 2.49. The minimum atomic E-state index is -0.758. The van der Waals surface area contributed by atoms with Gasteiger partial charge in [0.1, 0.15) is 5.75 Å². The van der Waals surface area contributed by atoms with Gasteiger partial charge in [0.15, 0.2) is 0 Å². The van der Waals surface area contributed by atoms with Gasteiger partial charge in [0.2, 0.25) is 0 Å². The summed E-state index contributed by atoms with van der Waals surface area (Å²) >= 11 is 0. The van der Waals surface area contributed by atoms with Gasteiger partial charge in [-0.1, -0.05) is 32.9 Å². The van der Waals surface area contributed by atoms with Crippen molar-refractivity contribution < 1.29 is 14.6 Å². The monoisotopic (exact) mass is 308 g/mol. The highest BCUT2D eigenvalue weighted by atomic mass is 16.5. The Bertz CT molecular complexity index is 475. The molecule has 0 saturated carbocycles. The predicted molar refractivity (Wildman–Crippen MR) is 88.2 cm³/mol. The third-order valence-electron chi connectivity index (χ3n) is 3.55. The number of nitrogens with zero attached hydrogens (tertiary/aromatic N) is 1. The third-order valence-corrected chi connectivity index (χ3v) is 3.55. The molecule has 0 fully saturated rings. The van der Waals surface area contributed by atoms with E-state index in [0.29, 0.717) is 12.6 Å². The summed E-state index contributed by atoms with van der Waals surface area (Å²) < 4.78 is 5.48. The van der Waals surface area contributed by atoms with E-state index in [-0.39, 0.29) is 6.42 Å². The highest BCUT2D eigenvalue weighted by Gasteiger charge is 2.09. The fraction of sp³-hybridized carbons (Fsp3) is 0.588. The van der Waals surface area contributed by atoms with E-state index in [4.69, 9.17) is 9.84 Å². The number of rotatable bonds is 10. The van der Waals surface area contributed by atoms with Gasteiger partial charge in [-0.3, -0.25) is 9.69 Å². The Morgan fingerprint density at radius 2 is 2.14 bits per heavy atom. The maximum absolute atomic E-state index is 10.7. The Hall–Kier alpha value is -1.59. The van der Waals surface area contributed by atoms with Gasteiger partial charge in [0, 0.05) is 31.2 Å². The Morgan fingerprint density at radius 1 is 1.41 bits per heavy atom. The minimum absolute atomic E-state index is 0.168. The van der Waals surface area contributed by atoms with Crippen LogP contribution in [0.15, 0.2) is 18.2 Å². The summed E-state index contributed by atoms with van der Waals surface area (Å²) in [5, 5.41) is 12.2. The molecule has 0 spiro atoms. The van der Waals surface area contributed by atoms with Crippen LogP contribution in [-0.2, 0) is 17.9 Å². The summed E-state index contributed by atoms with van der Waals surface area (Å²) in [5.74, 6) is 0.117. The number of carbonyl (C=O) groups is 1. The van der Waals surface area contributed by atoms with E-state index < -0.39 is 5.97 Å². The highest BCUT2D eigenvalue weighted by Crippen LogP contribution is 2.21. The third kappa shape index (κ3) is 6.45. The van der Waals surface area contributed by atoms with Gasteiger partial charge in [0.05, 0.1) is 13.5 Å². The van der Waals surface area contributed by atoms with E-state index in [1.165, 1.54) is 0 Å². The number of hydrogen-bond donors (Lipinski definition) is 2. The maximum atomic E-state index is 10.7. The molecule has 0 aliphatic rings. The molecule has 0 aliphatic heterocycles. The Morgan fingerprint density at radius 3 is 2.68 bits per heavy atom. The van der Waals surface area contributed by atoms with Gasteiger partial charge in [-0.15, -0.1) is 0 Å². The fourth-order valence-electron chi connectivity index (χ4n) is 2.21. The lowest BCUT2D eigenvalue weighted by Gasteiger charge is -2.20. The molecule has 0 unspecified atom stereocenters. The van der Waals surface area contributed by atoms with Gasteiger partial charge in [0.25, 0.3) is 0 Å². The molecule has 5 nitrogen and oxygen atoms in total. The van der Waals surface area contributed by atoms with Crippen LogP contribution in [0.25, 0.3) is 0 Å². The van der Waals surface area contributed by atoms with Crippen molar-refractivity contribution >= 4 is 5.97 Å². The summed E-state index contributed by atoms with van der Waals surface area (Å²) in [6.07, 6.45) is 0.168. The van der Waals surface area contributed by atoms with E-state index in [2.05, 4.69) is 36.2 Å². The lowest BCUT2D eigenvalue weighted by atomic mass is 10.1. The zero-order chi connectivity index (χ0) is 16.5. The van der Waals surface area contributed by atoms with Crippen LogP contribution < -0.4 is 10.1 Å². The van der Waals surface area contributed by atoms with E-state index in [9.17, 15) is 4.79 Å². The van der Waals surface area contributed by atoms with Crippen molar-refractivity contribution in [1.29, 1.82) is 0 Å². The SMILES string of the molecule is CCN(CCC(=O)O)Cc1ccc(CNC(C)C)c(OC)c1. The van der Waals surface area contributed by atoms with Crippen molar-refractivity contribution in [2.75, 3.05) is 20.2 Å². The van der Waals surface area contributed by atoms with Gasteiger partial charge in [-0.05, 0) is 18.2 Å². The second kappa shape index (κ2) is 9.43. The Labute approximate surface area is 133 Å². The number of hydrogen-bond acceptors (Lipinski definition) is 4. The summed E-state index contributed by atoms with van der Waals surface area (Å²) in [5.41, 5.74) is 2.27. The van der Waals surface area contributed by atoms with Crippen LogP contribution in [0.4, 0.5) is 0 Å². The molecule has 0 atom stereocenters. The van der Waals surface area contributed by atoms with Gasteiger partial charge in [-0.25, -0.2) is 0 Å². The second-order valence-electron chi connectivity index (χ2n) is 5.69. The normalized spacial score (nSPS) is 11.2. The molecular formula is C17H28N2O3. The molecule has 5 heteroatoms. The molecule has 0 saturated heterocycles. The number of ether oxygens (including phenoxy) is 1. The molecule has 2 N–H and O–H groups in total. The number of aliphatic carboxylic acids is 1. The van der Waals surface area contributed by atoms with Crippen LogP contribution in [0.3, 0.4) is 0 Å². The quantitative estimate of drug-likeness (QED) is 0.695. The summed E-state index contributed by atoms with van der Waals surface area (Å²) in [4.78, 5) is 12.8. The van der Waals surface area contributed by atoms with E-state index in [0.717, 1.165) is 36.5 Å². The van der Waals surface area contributed by atoms with Crippen LogP contribution in [0, 0.1) is 0 Å². The van der Waals surface area contributed by atoms with E-state index in [1.54, 1.807) is 7.11 Å². The molecule has 0 radical (unpaired) electrons.